The van der Waals surface area contributed by atoms with Gasteiger partial charge in [-0.2, -0.15) is 0 Å². The van der Waals surface area contributed by atoms with Gasteiger partial charge in [-0.05, 0) is 69.9 Å². The van der Waals surface area contributed by atoms with Gasteiger partial charge in [0.2, 0.25) is 0 Å². The summed E-state index contributed by atoms with van der Waals surface area (Å²) in [4.78, 5) is 2.37. The second-order valence-corrected chi connectivity index (χ2v) is 14.0. The van der Waals surface area contributed by atoms with Gasteiger partial charge in [0.25, 0.3) is 0 Å². The van der Waals surface area contributed by atoms with Gasteiger partial charge in [-0.25, -0.2) is 0 Å². The molecule has 0 saturated carbocycles. The Hall–Kier alpha value is -7.36. The molecule has 3 nitrogen and oxygen atoms in total. The van der Waals surface area contributed by atoms with Crippen LogP contribution < -0.4 is 4.90 Å². The fourth-order valence-electron chi connectivity index (χ4n) is 8.34. The van der Waals surface area contributed by atoms with Gasteiger partial charge in [0.05, 0.1) is 5.69 Å². The summed E-state index contributed by atoms with van der Waals surface area (Å²) in [6.45, 7) is 0. The van der Waals surface area contributed by atoms with Crippen molar-refractivity contribution in [3.63, 3.8) is 0 Å². The molecule has 0 aliphatic carbocycles. The predicted molar refractivity (Wildman–Crippen MR) is 229 cm³/mol. The van der Waals surface area contributed by atoms with Gasteiger partial charge in [0.1, 0.15) is 22.3 Å². The number of hydrogen-bond donors (Lipinski definition) is 0. The molecule has 55 heavy (non-hydrogen) atoms. The van der Waals surface area contributed by atoms with E-state index in [0.717, 1.165) is 88.8 Å². The highest BCUT2D eigenvalue weighted by molar-refractivity contribution is 6.11. The van der Waals surface area contributed by atoms with E-state index in [1.165, 1.54) is 16.3 Å². The molecule has 11 rings (SSSR count). The van der Waals surface area contributed by atoms with Crippen LogP contribution >= 0.6 is 0 Å². The summed E-state index contributed by atoms with van der Waals surface area (Å²) in [6, 6.07) is 70.9. The van der Waals surface area contributed by atoms with Gasteiger partial charge >= 0.3 is 0 Å². The minimum Gasteiger partial charge on any atom is -0.455 e. The van der Waals surface area contributed by atoms with Crippen LogP contribution in [0.25, 0.3) is 88.0 Å². The largest absolute Gasteiger partial charge is 0.455 e. The number of para-hydroxylation sites is 5. The molecule has 0 fully saturated rings. The SMILES string of the molecule is c1cc(-c2cccc3ccccc23)cc(N(c2ccc(-c3cccc4c3oc3ccccc34)cc2)c2ccccc2-c2cccc3c2oc2ccccc23)c1. The molecule has 258 valence electrons. The Morgan fingerprint density at radius 1 is 0.309 bits per heavy atom. The second kappa shape index (κ2) is 12.6. The maximum Gasteiger partial charge on any atom is 0.143 e. The van der Waals surface area contributed by atoms with Crippen molar-refractivity contribution < 1.29 is 8.83 Å². The number of hydrogen-bond acceptors (Lipinski definition) is 3. The monoisotopic (exact) mass is 703 g/mol. The van der Waals surface area contributed by atoms with E-state index in [2.05, 4.69) is 181 Å². The summed E-state index contributed by atoms with van der Waals surface area (Å²) in [5.74, 6) is 0. The lowest BCUT2D eigenvalue weighted by molar-refractivity contribution is 0.669. The van der Waals surface area contributed by atoms with E-state index in [1.54, 1.807) is 0 Å². The molecule has 11 aromatic rings. The third-order valence-electron chi connectivity index (χ3n) is 10.9. The molecule has 0 bridgehead atoms. The zero-order valence-electron chi connectivity index (χ0n) is 29.8. The van der Waals surface area contributed by atoms with Crippen LogP contribution in [0.1, 0.15) is 0 Å². The van der Waals surface area contributed by atoms with Gasteiger partial charge in [-0.3, -0.25) is 0 Å². The third kappa shape index (κ3) is 5.13. The number of anilines is 3. The van der Waals surface area contributed by atoms with Crippen LogP contribution in [-0.2, 0) is 0 Å². The molecule has 9 aromatic carbocycles. The van der Waals surface area contributed by atoms with Crippen molar-refractivity contribution in [2.24, 2.45) is 0 Å². The van der Waals surface area contributed by atoms with E-state index < -0.39 is 0 Å². The summed E-state index contributed by atoms with van der Waals surface area (Å²) in [5.41, 5.74) is 13.4. The van der Waals surface area contributed by atoms with E-state index in [0.29, 0.717) is 0 Å². The van der Waals surface area contributed by atoms with Crippen LogP contribution in [0.5, 0.6) is 0 Å². The Balaban J connectivity index is 1.11. The summed E-state index contributed by atoms with van der Waals surface area (Å²) in [6.07, 6.45) is 0. The van der Waals surface area contributed by atoms with Crippen LogP contribution in [0.3, 0.4) is 0 Å². The highest BCUT2D eigenvalue weighted by Crippen LogP contribution is 2.46. The Kier molecular flexibility index (Phi) is 7.17. The molecule has 0 spiro atoms. The highest BCUT2D eigenvalue weighted by Gasteiger charge is 2.21. The van der Waals surface area contributed by atoms with E-state index in [1.807, 2.05) is 24.3 Å². The first-order valence-corrected chi connectivity index (χ1v) is 18.7. The second-order valence-electron chi connectivity index (χ2n) is 14.0. The molecule has 0 aliphatic heterocycles. The maximum atomic E-state index is 6.60. The number of nitrogens with zero attached hydrogens (tertiary/aromatic N) is 1. The number of furan rings is 2. The average Bonchev–Trinajstić information content (AvgIpc) is 3.83. The van der Waals surface area contributed by atoms with Gasteiger partial charge in [-0.15, -0.1) is 0 Å². The fourth-order valence-corrected chi connectivity index (χ4v) is 8.34. The number of fused-ring (bicyclic) bond motifs is 7. The zero-order chi connectivity index (χ0) is 36.3. The zero-order valence-corrected chi connectivity index (χ0v) is 29.8. The maximum absolute atomic E-state index is 6.60. The number of benzene rings is 9. The van der Waals surface area contributed by atoms with E-state index >= 15 is 0 Å². The molecule has 2 aromatic heterocycles. The molecular formula is C52H33NO2. The number of rotatable bonds is 6. The third-order valence-corrected chi connectivity index (χ3v) is 10.9. The lowest BCUT2D eigenvalue weighted by Gasteiger charge is -2.28. The van der Waals surface area contributed by atoms with E-state index in [-0.39, 0.29) is 0 Å². The lowest BCUT2D eigenvalue weighted by atomic mass is 9.96. The van der Waals surface area contributed by atoms with Gasteiger partial charge in [0, 0.05) is 49.6 Å². The summed E-state index contributed by atoms with van der Waals surface area (Å²) in [5, 5.41) is 6.93. The van der Waals surface area contributed by atoms with Gasteiger partial charge in [0.15, 0.2) is 0 Å². The molecule has 0 N–H and O–H groups in total. The van der Waals surface area contributed by atoms with Crippen molar-refractivity contribution in [1.82, 2.24) is 0 Å². The molecule has 0 unspecified atom stereocenters. The molecule has 3 heteroatoms. The van der Waals surface area contributed by atoms with Crippen molar-refractivity contribution in [1.29, 1.82) is 0 Å². The molecule has 0 saturated heterocycles. The van der Waals surface area contributed by atoms with E-state index in [4.69, 9.17) is 8.83 Å². The molecule has 2 heterocycles. The van der Waals surface area contributed by atoms with Crippen LogP contribution in [0.15, 0.2) is 209 Å². The topological polar surface area (TPSA) is 29.5 Å². The Bertz CT molecular complexity index is 3220. The average molecular weight is 704 g/mol. The summed E-state index contributed by atoms with van der Waals surface area (Å²) in [7, 11) is 0. The standard InChI is InChI=1S/C52H33NO2/c1-2-17-39-34(13-1)14-10-21-40(39)36-15-9-16-38(33-36)53(37-31-29-35(30-32-37)41-22-11-24-46-43-19-4-7-27-49(43)54-51(41)46)48-26-6-3-18-42(48)45-23-12-25-47-44-20-5-8-28-50(44)55-52(45)47/h1-33H. The molecule has 0 amide bonds. The van der Waals surface area contributed by atoms with Gasteiger partial charge < -0.3 is 13.7 Å². The Labute approximate surface area is 317 Å². The van der Waals surface area contributed by atoms with Crippen LogP contribution in [0.2, 0.25) is 0 Å². The lowest BCUT2D eigenvalue weighted by Crippen LogP contribution is -2.11. The predicted octanol–water partition coefficient (Wildman–Crippen LogP) is 15.1. The summed E-state index contributed by atoms with van der Waals surface area (Å²) < 4.78 is 13.0. The highest BCUT2D eigenvalue weighted by atomic mass is 16.3. The molecular weight excluding hydrogens is 671 g/mol. The first kappa shape index (κ1) is 31.2. The minimum atomic E-state index is 0.884. The first-order chi connectivity index (χ1) is 27.3. The Morgan fingerprint density at radius 3 is 1.60 bits per heavy atom. The van der Waals surface area contributed by atoms with Crippen molar-refractivity contribution in [3.05, 3.63) is 200 Å². The van der Waals surface area contributed by atoms with Crippen molar-refractivity contribution >= 4 is 71.7 Å². The molecule has 0 radical (unpaired) electrons. The first-order valence-electron chi connectivity index (χ1n) is 18.7. The minimum absolute atomic E-state index is 0.884. The van der Waals surface area contributed by atoms with Crippen molar-refractivity contribution in [2.75, 3.05) is 4.90 Å². The van der Waals surface area contributed by atoms with Crippen LogP contribution in [0, 0.1) is 0 Å². The van der Waals surface area contributed by atoms with Crippen LogP contribution in [-0.4, -0.2) is 0 Å². The van der Waals surface area contributed by atoms with Crippen molar-refractivity contribution in [3.8, 4) is 33.4 Å². The van der Waals surface area contributed by atoms with Gasteiger partial charge in [-0.1, -0.05) is 158 Å². The molecule has 0 aliphatic rings. The Morgan fingerprint density at radius 2 is 0.836 bits per heavy atom. The summed E-state index contributed by atoms with van der Waals surface area (Å²) >= 11 is 0. The van der Waals surface area contributed by atoms with Crippen molar-refractivity contribution in [2.45, 2.75) is 0 Å². The normalized spacial score (nSPS) is 11.6. The quantitative estimate of drug-likeness (QED) is 0.173. The van der Waals surface area contributed by atoms with Crippen LogP contribution in [0.4, 0.5) is 17.1 Å². The molecule has 0 atom stereocenters. The fraction of sp³-hybridized carbons (Fsp3) is 0. The smallest absolute Gasteiger partial charge is 0.143 e. The van der Waals surface area contributed by atoms with E-state index in [9.17, 15) is 0 Å².